The Morgan fingerprint density at radius 1 is 1.38 bits per heavy atom. The lowest BCUT2D eigenvalue weighted by atomic mass is 10.1. The summed E-state index contributed by atoms with van der Waals surface area (Å²) < 4.78 is 38.3. The number of anilines is 1. The van der Waals surface area contributed by atoms with Crippen LogP contribution < -0.4 is 10.6 Å². The number of amides is 1. The summed E-state index contributed by atoms with van der Waals surface area (Å²) in [4.78, 5) is 12.2. The van der Waals surface area contributed by atoms with Gasteiger partial charge in [-0.15, -0.1) is 0 Å². The topological polar surface area (TPSA) is 41.1 Å². The van der Waals surface area contributed by atoms with Gasteiger partial charge in [0.05, 0.1) is 11.1 Å². The molecule has 6 heteroatoms. The SMILES string of the molecule is CNc1ccc(C(F)(F)F)cc1C(=O)NC(C)CC1CC1. The van der Waals surface area contributed by atoms with Crippen LogP contribution in [0.4, 0.5) is 18.9 Å². The van der Waals surface area contributed by atoms with Gasteiger partial charge >= 0.3 is 6.18 Å². The molecular weight excluding hydrogens is 281 g/mol. The van der Waals surface area contributed by atoms with Crippen LogP contribution in [-0.2, 0) is 6.18 Å². The summed E-state index contributed by atoms with van der Waals surface area (Å²) in [6, 6.07) is 3.11. The summed E-state index contributed by atoms with van der Waals surface area (Å²) in [6.07, 6.45) is -1.24. The third kappa shape index (κ3) is 4.12. The van der Waals surface area contributed by atoms with E-state index in [1.807, 2.05) is 6.92 Å². The summed E-state index contributed by atoms with van der Waals surface area (Å²) in [5.74, 6) is 0.171. The molecule has 1 amide bonds. The van der Waals surface area contributed by atoms with Crippen molar-refractivity contribution in [3.05, 3.63) is 29.3 Å². The molecule has 0 radical (unpaired) electrons. The Hall–Kier alpha value is -1.72. The van der Waals surface area contributed by atoms with Crippen molar-refractivity contribution < 1.29 is 18.0 Å². The van der Waals surface area contributed by atoms with Gasteiger partial charge in [-0.3, -0.25) is 4.79 Å². The Balaban J connectivity index is 2.16. The normalized spacial score (nSPS) is 16.4. The molecule has 0 bridgehead atoms. The van der Waals surface area contributed by atoms with E-state index in [1.54, 1.807) is 7.05 Å². The minimum Gasteiger partial charge on any atom is -0.387 e. The van der Waals surface area contributed by atoms with Crippen molar-refractivity contribution in [1.29, 1.82) is 0 Å². The lowest BCUT2D eigenvalue weighted by molar-refractivity contribution is -0.137. The van der Waals surface area contributed by atoms with Crippen LogP contribution >= 0.6 is 0 Å². The first kappa shape index (κ1) is 15.7. The van der Waals surface area contributed by atoms with Crippen LogP contribution in [0.15, 0.2) is 18.2 Å². The van der Waals surface area contributed by atoms with Crippen LogP contribution in [0, 0.1) is 5.92 Å². The van der Waals surface area contributed by atoms with E-state index in [2.05, 4.69) is 10.6 Å². The Kier molecular flexibility index (Phi) is 4.44. The molecule has 1 aromatic carbocycles. The molecule has 1 fully saturated rings. The van der Waals surface area contributed by atoms with E-state index >= 15 is 0 Å². The summed E-state index contributed by atoms with van der Waals surface area (Å²) in [7, 11) is 1.58. The van der Waals surface area contributed by atoms with Gasteiger partial charge in [0.1, 0.15) is 0 Å². The number of benzene rings is 1. The van der Waals surface area contributed by atoms with Crippen LogP contribution in [0.1, 0.15) is 42.1 Å². The lowest BCUT2D eigenvalue weighted by Crippen LogP contribution is -2.33. The molecule has 1 aliphatic rings. The summed E-state index contributed by atoms with van der Waals surface area (Å²) in [5.41, 5.74) is -0.407. The van der Waals surface area contributed by atoms with Gasteiger partial charge in [-0.1, -0.05) is 12.8 Å². The highest BCUT2D eigenvalue weighted by Gasteiger charge is 2.32. The maximum Gasteiger partial charge on any atom is 0.416 e. The third-order valence-electron chi connectivity index (χ3n) is 3.62. The Labute approximate surface area is 121 Å². The third-order valence-corrected chi connectivity index (χ3v) is 3.62. The van der Waals surface area contributed by atoms with Crippen molar-refractivity contribution in [2.75, 3.05) is 12.4 Å². The molecule has 1 atom stereocenters. The number of hydrogen-bond donors (Lipinski definition) is 2. The van der Waals surface area contributed by atoms with Gasteiger partial charge in [0.15, 0.2) is 0 Å². The minimum absolute atomic E-state index is 0.0231. The molecule has 2 N–H and O–H groups in total. The molecule has 0 spiro atoms. The van der Waals surface area contributed by atoms with Gasteiger partial charge in [-0.05, 0) is 37.5 Å². The molecular formula is C15H19F3N2O. The molecule has 1 aromatic rings. The molecule has 0 heterocycles. The van der Waals surface area contributed by atoms with Gasteiger partial charge < -0.3 is 10.6 Å². The Morgan fingerprint density at radius 2 is 2.05 bits per heavy atom. The maximum absolute atomic E-state index is 12.8. The zero-order valence-corrected chi connectivity index (χ0v) is 12.1. The second kappa shape index (κ2) is 5.95. The molecule has 116 valence electrons. The number of halogens is 3. The van der Waals surface area contributed by atoms with Crippen molar-refractivity contribution in [3.8, 4) is 0 Å². The molecule has 0 aromatic heterocycles. The highest BCUT2D eigenvalue weighted by molar-refractivity contribution is 6.00. The predicted octanol–water partition coefficient (Wildman–Crippen LogP) is 3.67. The fourth-order valence-electron chi connectivity index (χ4n) is 2.34. The molecule has 3 nitrogen and oxygen atoms in total. The Morgan fingerprint density at radius 3 is 2.57 bits per heavy atom. The van der Waals surface area contributed by atoms with E-state index in [1.165, 1.54) is 18.9 Å². The zero-order valence-electron chi connectivity index (χ0n) is 12.1. The van der Waals surface area contributed by atoms with E-state index in [-0.39, 0.29) is 11.6 Å². The van der Waals surface area contributed by atoms with Crippen LogP contribution in [0.2, 0.25) is 0 Å². The summed E-state index contributed by atoms with van der Waals surface area (Å²) in [5, 5.41) is 5.53. The van der Waals surface area contributed by atoms with Crippen LogP contribution in [0.5, 0.6) is 0 Å². The van der Waals surface area contributed by atoms with Crippen LogP contribution in [0.3, 0.4) is 0 Å². The molecule has 1 aliphatic carbocycles. The number of nitrogens with one attached hydrogen (secondary N) is 2. The number of rotatable bonds is 5. The van der Waals surface area contributed by atoms with Crippen molar-refractivity contribution >= 4 is 11.6 Å². The van der Waals surface area contributed by atoms with Gasteiger partial charge in [-0.2, -0.15) is 13.2 Å². The molecule has 0 aliphatic heterocycles. The monoisotopic (exact) mass is 300 g/mol. The van der Waals surface area contributed by atoms with Crippen molar-refractivity contribution in [3.63, 3.8) is 0 Å². The lowest BCUT2D eigenvalue weighted by Gasteiger charge is -2.17. The van der Waals surface area contributed by atoms with Crippen molar-refractivity contribution in [2.24, 2.45) is 5.92 Å². The smallest absolute Gasteiger partial charge is 0.387 e. The molecule has 21 heavy (non-hydrogen) atoms. The second-order valence-corrected chi connectivity index (χ2v) is 5.56. The van der Waals surface area contributed by atoms with E-state index in [4.69, 9.17) is 0 Å². The van der Waals surface area contributed by atoms with Gasteiger partial charge in [0.25, 0.3) is 5.91 Å². The summed E-state index contributed by atoms with van der Waals surface area (Å²) in [6.45, 7) is 1.88. The average Bonchev–Trinajstić information content (AvgIpc) is 3.20. The van der Waals surface area contributed by atoms with E-state index in [0.29, 0.717) is 11.6 Å². The standard InChI is InChI=1S/C15H19F3N2O/c1-9(7-10-3-4-10)20-14(21)12-8-11(15(16,17)18)5-6-13(12)19-2/h5-6,8-10,19H,3-4,7H2,1-2H3,(H,20,21). The Bertz CT molecular complexity index is 524. The number of carbonyl (C=O) groups excluding carboxylic acids is 1. The molecule has 0 saturated heterocycles. The average molecular weight is 300 g/mol. The van der Waals surface area contributed by atoms with Crippen LogP contribution in [-0.4, -0.2) is 19.0 Å². The highest BCUT2D eigenvalue weighted by atomic mass is 19.4. The molecule has 1 saturated carbocycles. The fraction of sp³-hybridized carbons (Fsp3) is 0.533. The number of hydrogen-bond acceptors (Lipinski definition) is 2. The maximum atomic E-state index is 12.8. The van der Waals surface area contributed by atoms with Crippen LogP contribution in [0.25, 0.3) is 0 Å². The summed E-state index contributed by atoms with van der Waals surface area (Å²) >= 11 is 0. The largest absolute Gasteiger partial charge is 0.416 e. The number of alkyl halides is 3. The number of carbonyl (C=O) groups is 1. The first-order chi connectivity index (χ1) is 9.81. The predicted molar refractivity (Wildman–Crippen MR) is 75.3 cm³/mol. The van der Waals surface area contributed by atoms with Gasteiger partial charge in [0.2, 0.25) is 0 Å². The van der Waals surface area contributed by atoms with E-state index < -0.39 is 17.6 Å². The van der Waals surface area contributed by atoms with Gasteiger partial charge in [0, 0.05) is 18.8 Å². The first-order valence-electron chi connectivity index (χ1n) is 7.01. The van der Waals surface area contributed by atoms with Gasteiger partial charge in [-0.25, -0.2) is 0 Å². The first-order valence-corrected chi connectivity index (χ1v) is 7.01. The minimum atomic E-state index is -4.46. The van der Waals surface area contributed by atoms with Crippen molar-refractivity contribution in [2.45, 2.75) is 38.4 Å². The van der Waals surface area contributed by atoms with Crippen molar-refractivity contribution in [1.82, 2.24) is 5.32 Å². The zero-order chi connectivity index (χ0) is 15.6. The second-order valence-electron chi connectivity index (χ2n) is 5.56. The van der Waals surface area contributed by atoms with E-state index in [9.17, 15) is 18.0 Å². The molecule has 2 rings (SSSR count). The van der Waals surface area contributed by atoms with E-state index in [0.717, 1.165) is 18.6 Å². The quantitative estimate of drug-likeness (QED) is 0.871. The highest BCUT2D eigenvalue weighted by Crippen LogP contribution is 2.34. The fourth-order valence-corrected chi connectivity index (χ4v) is 2.34. The molecule has 1 unspecified atom stereocenters.